The minimum atomic E-state index is -1.48. The largest absolute Gasteiger partial charge is 0.481 e. The lowest BCUT2D eigenvalue weighted by Gasteiger charge is -2.23. The number of carbonyl (C=O) groups excluding carboxylic acids is 4. The van der Waals surface area contributed by atoms with E-state index in [1.165, 1.54) is 32.0 Å². The number of aromatic amines is 2. The second kappa shape index (κ2) is 16.8. The molecule has 0 bridgehead atoms. The number of nitrogens with one attached hydrogen (secondary N) is 6. The first kappa shape index (κ1) is 32.2. The summed E-state index contributed by atoms with van der Waals surface area (Å²) in [6.07, 6.45) is 5.41. The Balaban J connectivity index is 0.00000177. The van der Waals surface area contributed by atoms with Gasteiger partial charge >= 0.3 is 5.97 Å². The zero-order valence-corrected chi connectivity index (χ0v) is 21.3. The maximum Gasteiger partial charge on any atom is 0.326 e. The van der Waals surface area contributed by atoms with Crippen LogP contribution in [0.4, 0.5) is 0 Å². The summed E-state index contributed by atoms with van der Waals surface area (Å²) in [5, 5.41) is 36.1. The minimum absolute atomic E-state index is 0.00491. The topological polar surface area (TPSA) is 269 Å². The Kier molecular flexibility index (Phi) is 13.9. The Bertz CT molecular complexity index is 1090. The smallest absolute Gasteiger partial charge is 0.326 e. The highest BCUT2D eigenvalue weighted by molar-refractivity contribution is 5.93. The van der Waals surface area contributed by atoms with Gasteiger partial charge in [0, 0.05) is 63.4 Å². The van der Waals surface area contributed by atoms with Crippen molar-refractivity contribution < 1.29 is 44.1 Å². The van der Waals surface area contributed by atoms with Gasteiger partial charge in [0.15, 0.2) is 0 Å². The molecular formula is C22H32N8O9. The number of rotatable bonds is 14. The first-order valence-corrected chi connectivity index (χ1v) is 11.5. The highest BCUT2D eigenvalue weighted by Crippen LogP contribution is 2.03. The van der Waals surface area contributed by atoms with Crippen LogP contribution in [-0.4, -0.2) is 102 Å². The van der Waals surface area contributed by atoms with E-state index in [0.29, 0.717) is 11.4 Å². The van der Waals surface area contributed by atoms with Crippen molar-refractivity contribution in [2.75, 3.05) is 13.2 Å². The van der Waals surface area contributed by atoms with E-state index in [2.05, 4.69) is 41.2 Å². The van der Waals surface area contributed by atoms with Gasteiger partial charge in [-0.25, -0.2) is 14.8 Å². The lowest BCUT2D eigenvalue weighted by Crippen LogP contribution is -2.57. The van der Waals surface area contributed by atoms with Crippen LogP contribution in [0, 0.1) is 0 Å². The monoisotopic (exact) mass is 552 g/mol. The van der Waals surface area contributed by atoms with Crippen molar-refractivity contribution in [1.29, 1.82) is 0 Å². The fraction of sp³-hybridized carbons (Fsp3) is 0.455. The van der Waals surface area contributed by atoms with E-state index in [1.807, 2.05) is 0 Å². The number of imidazole rings is 2. The van der Waals surface area contributed by atoms with E-state index < -0.39 is 54.4 Å². The summed E-state index contributed by atoms with van der Waals surface area (Å²) >= 11 is 0. The van der Waals surface area contributed by atoms with Gasteiger partial charge < -0.3 is 46.6 Å². The molecule has 0 spiro atoms. The van der Waals surface area contributed by atoms with Gasteiger partial charge in [0.25, 0.3) is 5.97 Å². The summed E-state index contributed by atoms with van der Waals surface area (Å²) < 4.78 is 0. The third-order valence-electron chi connectivity index (χ3n) is 4.77. The average molecular weight is 553 g/mol. The average Bonchev–Trinajstić information content (AvgIpc) is 3.55. The van der Waals surface area contributed by atoms with Crippen LogP contribution in [0.25, 0.3) is 0 Å². The summed E-state index contributed by atoms with van der Waals surface area (Å²) in [5.74, 6) is -4.71. The van der Waals surface area contributed by atoms with Crippen LogP contribution in [0.5, 0.6) is 0 Å². The van der Waals surface area contributed by atoms with Crippen LogP contribution in [0.1, 0.15) is 31.7 Å². The molecule has 0 saturated heterocycles. The number of H-pyrrole nitrogens is 2. The maximum atomic E-state index is 12.9. The van der Waals surface area contributed by atoms with Gasteiger partial charge in [0.2, 0.25) is 23.6 Å². The molecule has 3 atom stereocenters. The van der Waals surface area contributed by atoms with Crippen LogP contribution >= 0.6 is 0 Å². The molecule has 0 aliphatic rings. The van der Waals surface area contributed by atoms with Crippen LogP contribution in [0.15, 0.2) is 25.0 Å². The second-order valence-corrected chi connectivity index (χ2v) is 8.08. The molecule has 0 fully saturated rings. The van der Waals surface area contributed by atoms with Crippen molar-refractivity contribution >= 4 is 35.6 Å². The molecule has 9 N–H and O–H groups in total. The van der Waals surface area contributed by atoms with Crippen molar-refractivity contribution in [3.8, 4) is 0 Å². The molecule has 0 saturated carbocycles. The summed E-state index contributed by atoms with van der Waals surface area (Å²) in [7, 11) is 0. The number of aliphatic hydroxyl groups is 1. The van der Waals surface area contributed by atoms with Crippen molar-refractivity contribution in [1.82, 2.24) is 41.2 Å². The molecule has 4 amide bonds. The van der Waals surface area contributed by atoms with Gasteiger partial charge in [-0.1, -0.05) is 0 Å². The molecule has 17 heteroatoms. The number of hydrogen-bond donors (Lipinski definition) is 9. The SMILES string of the molecule is CC(=O)NCCC(=O)NC(Cc1cnc[nH]1)C(=O)NC(CO)C(=O)NC(Cc1cnc[nH]1)C(=O)O.CC(=O)O. The molecule has 214 valence electrons. The molecule has 3 unspecified atom stereocenters. The standard InChI is InChI=1S/C20H28N8O7.C2H4O2/c1-11(30)23-3-2-17(31)26-14(4-12-6-21-9-24-12)18(32)28-16(8-29)19(33)27-15(20(34)35)5-13-7-22-10-25-13;1-2(3)4/h6-7,9-10,14-16,29H,2-5,8H2,1H3,(H,21,24)(H,22,25)(H,23,30)(H,26,31)(H,27,33)(H,28,32)(H,34,35);1H3,(H,3,4). The lowest BCUT2D eigenvalue weighted by molar-refractivity contribution is -0.142. The summed E-state index contributed by atoms with van der Waals surface area (Å²) in [4.78, 5) is 82.4. The molecule has 2 heterocycles. The molecule has 39 heavy (non-hydrogen) atoms. The Morgan fingerprint density at radius 2 is 1.31 bits per heavy atom. The fourth-order valence-corrected chi connectivity index (χ4v) is 3.00. The summed E-state index contributed by atoms with van der Waals surface area (Å²) in [5.41, 5.74) is 0.978. The number of hydrogen-bond acceptors (Lipinski definition) is 9. The molecule has 0 aliphatic heterocycles. The Hall–Kier alpha value is -4.80. The van der Waals surface area contributed by atoms with Crippen molar-refractivity contribution in [3.63, 3.8) is 0 Å². The first-order chi connectivity index (χ1) is 18.4. The Morgan fingerprint density at radius 3 is 1.74 bits per heavy atom. The van der Waals surface area contributed by atoms with E-state index in [-0.39, 0.29) is 31.7 Å². The fourth-order valence-electron chi connectivity index (χ4n) is 3.00. The molecule has 0 radical (unpaired) electrons. The zero-order chi connectivity index (χ0) is 29.4. The zero-order valence-electron chi connectivity index (χ0n) is 21.3. The van der Waals surface area contributed by atoms with Crippen LogP contribution in [-0.2, 0) is 41.6 Å². The first-order valence-electron chi connectivity index (χ1n) is 11.5. The number of amides is 4. The third-order valence-corrected chi connectivity index (χ3v) is 4.77. The van der Waals surface area contributed by atoms with Crippen LogP contribution < -0.4 is 21.3 Å². The van der Waals surface area contributed by atoms with Crippen molar-refractivity contribution in [2.24, 2.45) is 0 Å². The molecule has 0 aromatic carbocycles. The predicted octanol–water partition coefficient (Wildman–Crippen LogP) is -2.93. The van der Waals surface area contributed by atoms with E-state index in [1.54, 1.807) is 0 Å². The highest BCUT2D eigenvalue weighted by Gasteiger charge is 2.30. The number of carboxylic acid groups (broad SMARTS) is 2. The highest BCUT2D eigenvalue weighted by atomic mass is 16.4. The molecule has 2 aromatic rings. The van der Waals surface area contributed by atoms with Gasteiger partial charge in [0.1, 0.15) is 18.1 Å². The van der Waals surface area contributed by atoms with Gasteiger partial charge in [-0.3, -0.25) is 24.0 Å². The van der Waals surface area contributed by atoms with Gasteiger partial charge in [-0.15, -0.1) is 0 Å². The lowest BCUT2D eigenvalue weighted by atomic mass is 10.1. The normalized spacial score (nSPS) is 12.5. The van der Waals surface area contributed by atoms with Crippen molar-refractivity contribution in [2.45, 2.75) is 51.2 Å². The number of aliphatic hydroxyl groups excluding tert-OH is 1. The summed E-state index contributed by atoms with van der Waals surface area (Å²) in [6.45, 7) is 1.63. The Labute approximate surface area is 222 Å². The molecular weight excluding hydrogens is 520 g/mol. The maximum absolute atomic E-state index is 12.9. The number of carboxylic acids is 2. The molecule has 0 aliphatic carbocycles. The second-order valence-electron chi connectivity index (χ2n) is 8.08. The number of nitrogens with zero attached hydrogens (tertiary/aromatic N) is 2. The van der Waals surface area contributed by atoms with E-state index in [4.69, 9.17) is 9.90 Å². The number of aromatic nitrogens is 4. The van der Waals surface area contributed by atoms with Crippen molar-refractivity contribution in [3.05, 3.63) is 36.4 Å². The van der Waals surface area contributed by atoms with Gasteiger partial charge in [-0.05, 0) is 0 Å². The van der Waals surface area contributed by atoms with Gasteiger partial charge in [0.05, 0.1) is 19.3 Å². The van der Waals surface area contributed by atoms with E-state index in [9.17, 15) is 34.2 Å². The molecule has 2 aromatic heterocycles. The number of aliphatic carboxylic acids is 2. The summed E-state index contributed by atoms with van der Waals surface area (Å²) in [6, 6.07) is -3.97. The molecule has 2 rings (SSSR count). The molecule has 17 nitrogen and oxygen atoms in total. The number of carbonyl (C=O) groups is 6. The quantitative estimate of drug-likeness (QED) is 0.114. The van der Waals surface area contributed by atoms with E-state index >= 15 is 0 Å². The minimum Gasteiger partial charge on any atom is -0.481 e. The van der Waals surface area contributed by atoms with Crippen LogP contribution in [0.2, 0.25) is 0 Å². The predicted molar refractivity (Wildman–Crippen MR) is 132 cm³/mol. The Morgan fingerprint density at radius 1 is 0.821 bits per heavy atom. The van der Waals surface area contributed by atoms with Gasteiger partial charge in [-0.2, -0.15) is 0 Å². The van der Waals surface area contributed by atoms with E-state index in [0.717, 1.165) is 6.92 Å². The van der Waals surface area contributed by atoms with Crippen LogP contribution in [0.3, 0.4) is 0 Å². The third kappa shape index (κ3) is 13.4.